The van der Waals surface area contributed by atoms with Gasteiger partial charge in [-0.05, 0) is 36.8 Å². The van der Waals surface area contributed by atoms with Crippen LogP contribution in [0.1, 0.15) is 5.56 Å². The van der Waals surface area contributed by atoms with E-state index in [0.29, 0.717) is 16.4 Å². The number of anilines is 2. The highest BCUT2D eigenvalue weighted by atomic mass is 35.5. The first kappa shape index (κ1) is 19.1. The first-order valence-electron chi connectivity index (χ1n) is 7.66. The second-order valence-corrected chi connectivity index (χ2v) is 5.68. The SMILES string of the molecule is CNC(=O)Nc1cccc(OC(=O)N(CC#N)c2ccc(C)c(Cl)c2)c1. The van der Waals surface area contributed by atoms with Gasteiger partial charge in [0.25, 0.3) is 0 Å². The molecule has 0 aliphatic heterocycles. The van der Waals surface area contributed by atoms with Crippen LogP contribution >= 0.6 is 11.6 Å². The number of hydrogen-bond acceptors (Lipinski definition) is 4. The number of rotatable bonds is 4. The van der Waals surface area contributed by atoms with Gasteiger partial charge in [-0.2, -0.15) is 5.26 Å². The second kappa shape index (κ2) is 8.74. The molecule has 0 bridgehead atoms. The summed E-state index contributed by atoms with van der Waals surface area (Å²) in [6.07, 6.45) is -0.733. The highest BCUT2D eigenvalue weighted by Crippen LogP contribution is 2.25. The summed E-state index contributed by atoms with van der Waals surface area (Å²) in [6.45, 7) is 1.64. The summed E-state index contributed by atoms with van der Waals surface area (Å²) in [6, 6.07) is 12.9. The molecule has 0 saturated carbocycles. The lowest BCUT2D eigenvalue weighted by Crippen LogP contribution is -2.34. The Morgan fingerprint density at radius 1 is 1.27 bits per heavy atom. The minimum atomic E-state index is -0.733. The molecule has 2 aromatic carbocycles. The number of amides is 3. The second-order valence-electron chi connectivity index (χ2n) is 5.28. The molecular weight excluding hydrogens is 356 g/mol. The number of nitrogens with one attached hydrogen (secondary N) is 2. The molecule has 0 heterocycles. The third-order valence-electron chi connectivity index (χ3n) is 3.44. The zero-order valence-electron chi connectivity index (χ0n) is 14.2. The Labute approximate surface area is 156 Å². The molecule has 0 unspecified atom stereocenters. The van der Waals surface area contributed by atoms with E-state index in [9.17, 15) is 9.59 Å². The standard InChI is InChI=1S/C18H17ClN4O3/c1-12-6-7-14(11-16(12)19)23(9-8-20)18(25)26-15-5-3-4-13(10-15)22-17(24)21-2/h3-7,10-11H,9H2,1-2H3,(H2,21,22,24). The maximum absolute atomic E-state index is 12.5. The van der Waals surface area contributed by atoms with Crippen LogP contribution < -0.4 is 20.3 Å². The first-order valence-corrected chi connectivity index (χ1v) is 8.03. The van der Waals surface area contributed by atoms with Crippen LogP contribution in [0.4, 0.5) is 21.0 Å². The average molecular weight is 373 g/mol. The van der Waals surface area contributed by atoms with Gasteiger partial charge in [-0.15, -0.1) is 0 Å². The normalized spacial score (nSPS) is 9.77. The first-order chi connectivity index (χ1) is 12.4. The molecule has 8 heteroatoms. The molecule has 0 fully saturated rings. The maximum atomic E-state index is 12.5. The minimum Gasteiger partial charge on any atom is -0.410 e. The van der Waals surface area contributed by atoms with Crippen molar-refractivity contribution in [1.29, 1.82) is 5.26 Å². The van der Waals surface area contributed by atoms with E-state index in [2.05, 4.69) is 10.6 Å². The molecule has 7 nitrogen and oxygen atoms in total. The van der Waals surface area contributed by atoms with E-state index in [4.69, 9.17) is 21.6 Å². The summed E-state index contributed by atoms with van der Waals surface area (Å²) >= 11 is 6.10. The van der Waals surface area contributed by atoms with Crippen LogP contribution in [-0.4, -0.2) is 25.7 Å². The van der Waals surface area contributed by atoms with Gasteiger partial charge in [0.2, 0.25) is 0 Å². The molecule has 2 rings (SSSR count). The van der Waals surface area contributed by atoms with E-state index in [1.807, 2.05) is 13.0 Å². The molecular formula is C18H17ClN4O3. The molecule has 0 spiro atoms. The minimum absolute atomic E-state index is 0.200. The lowest BCUT2D eigenvalue weighted by atomic mass is 10.2. The number of benzene rings is 2. The number of aryl methyl sites for hydroxylation is 1. The largest absolute Gasteiger partial charge is 0.420 e. The fraction of sp³-hybridized carbons (Fsp3) is 0.167. The lowest BCUT2D eigenvalue weighted by molar-refractivity contribution is 0.208. The Morgan fingerprint density at radius 3 is 2.69 bits per heavy atom. The van der Waals surface area contributed by atoms with Gasteiger partial charge in [0.15, 0.2) is 0 Å². The molecule has 0 atom stereocenters. The zero-order valence-corrected chi connectivity index (χ0v) is 15.0. The van der Waals surface area contributed by atoms with Crippen LogP contribution in [0.25, 0.3) is 0 Å². The maximum Gasteiger partial charge on any atom is 0.420 e. The Bertz CT molecular complexity index is 864. The molecule has 2 aromatic rings. The predicted molar refractivity (Wildman–Crippen MR) is 99.7 cm³/mol. The van der Waals surface area contributed by atoms with E-state index in [-0.39, 0.29) is 12.3 Å². The number of nitriles is 1. The average Bonchev–Trinajstić information content (AvgIpc) is 2.62. The number of hydrogen-bond donors (Lipinski definition) is 2. The molecule has 0 saturated heterocycles. The van der Waals surface area contributed by atoms with E-state index in [1.165, 1.54) is 18.0 Å². The summed E-state index contributed by atoms with van der Waals surface area (Å²) < 4.78 is 5.33. The molecule has 0 aliphatic rings. The zero-order chi connectivity index (χ0) is 19.1. The number of urea groups is 1. The molecule has 0 aromatic heterocycles. The Balaban J connectivity index is 2.20. The van der Waals surface area contributed by atoms with E-state index >= 15 is 0 Å². The van der Waals surface area contributed by atoms with Gasteiger partial charge in [-0.3, -0.25) is 4.90 Å². The third-order valence-corrected chi connectivity index (χ3v) is 3.85. The van der Waals surface area contributed by atoms with Crippen molar-refractivity contribution in [2.24, 2.45) is 0 Å². The molecule has 0 aliphatic carbocycles. The predicted octanol–water partition coefficient (Wildman–Crippen LogP) is 3.93. The molecule has 26 heavy (non-hydrogen) atoms. The third kappa shape index (κ3) is 4.88. The van der Waals surface area contributed by atoms with Gasteiger partial charge in [0, 0.05) is 29.5 Å². The van der Waals surface area contributed by atoms with Crippen LogP contribution in [-0.2, 0) is 0 Å². The van der Waals surface area contributed by atoms with Crippen molar-refractivity contribution in [3.05, 3.63) is 53.1 Å². The van der Waals surface area contributed by atoms with Crippen LogP contribution in [0.3, 0.4) is 0 Å². The molecule has 3 amide bonds. The van der Waals surface area contributed by atoms with E-state index in [0.717, 1.165) is 5.56 Å². The van der Waals surface area contributed by atoms with Crippen LogP contribution in [0.5, 0.6) is 5.75 Å². The van der Waals surface area contributed by atoms with Crippen molar-refractivity contribution in [3.8, 4) is 11.8 Å². The van der Waals surface area contributed by atoms with E-state index in [1.54, 1.807) is 36.4 Å². The van der Waals surface area contributed by atoms with E-state index < -0.39 is 12.1 Å². The van der Waals surface area contributed by atoms with Crippen molar-refractivity contribution >= 4 is 35.1 Å². The lowest BCUT2D eigenvalue weighted by Gasteiger charge is -2.20. The van der Waals surface area contributed by atoms with Crippen LogP contribution in [0.15, 0.2) is 42.5 Å². The fourth-order valence-corrected chi connectivity index (χ4v) is 2.24. The Hall–Kier alpha value is -3.24. The molecule has 2 N–H and O–H groups in total. The number of carbonyl (C=O) groups is 2. The number of carbonyl (C=O) groups excluding carboxylic acids is 2. The monoisotopic (exact) mass is 372 g/mol. The summed E-state index contributed by atoms with van der Waals surface area (Å²) in [4.78, 5) is 25.0. The van der Waals surface area contributed by atoms with Gasteiger partial charge >= 0.3 is 12.1 Å². The number of halogens is 1. The Morgan fingerprint density at radius 2 is 2.04 bits per heavy atom. The van der Waals surface area contributed by atoms with Gasteiger partial charge in [0.1, 0.15) is 12.3 Å². The van der Waals surface area contributed by atoms with Gasteiger partial charge < -0.3 is 15.4 Å². The van der Waals surface area contributed by atoms with Gasteiger partial charge in [-0.25, -0.2) is 9.59 Å². The summed E-state index contributed by atoms with van der Waals surface area (Å²) in [5.74, 6) is 0.227. The van der Waals surface area contributed by atoms with Crippen molar-refractivity contribution in [1.82, 2.24) is 5.32 Å². The smallest absolute Gasteiger partial charge is 0.410 e. The topological polar surface area (TPSA) is 94.5 Å². The van der Waals surface area contributed by atoms with Gasteiger partial charge in [0.05, 0.1) is 6.07 Å². The highest BCUT2D eigenvalue weighted by Gasteiger charge is 2.19. The van der Waals surface area contributed by atoms with Crippen LogP contribution in [0.2, 0.25) is 5.02 Å². The quantitative estimate of drug-likeness (QED) is 0.795. The highest BCUT2D eigenvalue weighted by molar-refractivity contribution is 6.31. The number of nitrogens with zero attached hydrogens (tertiary/aromatic N) is 2. The van der Waals surface area contributed by atoms with Gasteiger partial charge in [-0.1, -0.05) is 23.7 Å². The van der Waals surface area contributed by atoms with Crippen LogP contribution in [0, 0.1) is 18.3 Å². The van der Waals surface area contributed by atoms with Crippen molar-refractivity contribution in [2.75, 3.05) is 23.8 Å². The summed E-state index contributed by atoms with van der Waals surface area (Å²) in [5, 5.41) is 14.5. The summed E-state index contributed by atoms with van der Waals surface area (Å²) in [7, 11) is 1.49. The van der Waals surface area contributed by atoms with Crippen molar-refractivity contribution < 1.29 is 14.3 Å². The van der Waals surface area contributed by atoms with Crippen molar-refractivity contribution in [2.45, 2.75) is 6.92 Å². The number of ether oxygens (including phenoxy) is 1. The Kier molecular flexibility index (Phi) is 6.42. The summed E-state index contributed by atoms with van der Waals surface area (Å²) in [5.41, 5.74) is 1.76. The van der Waals surface area contributed by atoms with Crippen molar-refractivity contribution in [3.63, 3.8) is 0 Å². The molecule has 134 valence electrons. The fourth-order valence-electron chi connectivity index (χ4n) is 2.07. The molecule has 0 radical (unpaired) electrons.